The van der Waals surface area contributed by atoms with Gasteiger partial charge in [-0.3, -0.25) is 19.2 Å². The number of rotatable bonds is 58. The Bertz CT molecular complexity index is 3650. The molecule has 0 amide bonds. The Morgan fingerprint density at radius 3 is 0.793 bits per heavy atom. The van der Waals surface area contributed by atoms with E-state index in [0.29, 0.717) is 123 Å². The van der Waals surface area contributed by atoms with Crippen molar-refractivity contribution >= 4 is 53.9 Å². The van der Waals surface area contributed by atoms with Crippen molar-refractivity contribution in [1.82, 2.24) is 0 Å². The lowest BCUT2D eigenvalue weighted by Gasteiger charge is -2.09. The van der Waals surface area contributed by atoms with E-state index in [1.54, 1.807) is 97.1 Å². The third-order valence-electron chi connectivity index (χ3n) is 18.3. The second-order valence-corrected chi connectivity index (χ2v) is 28.5. The third kappa shape index (κ3) is 48.4. The van der Waals surface area contributed by atoms with Crippen LogP contribution < -0.4 is 28.4 Å². The second kappa shape index (κ2) is 64.2. The van der Waals surface area contributed by atoms with Gasteiger partial charge in [-0.2, -0.15) is 0 Å². The molecule has 116 heavy (non-hydrogen) atoms. The molecule has 0 spiro atoms. The van der Waals surface area contributed by atoms with Crippen molar-refractivity contribution in [1.29, 1.82) is 0 Å². The summed E-state index contributed by atoms with van der Waals surface area (Å²) in [7, 11) is 0. The first-order valence-corrected chi connectivity index (χ1v) is 42.6. The number of carbonyl (C=O) groups is 9. The maximum absolute atomic E-state index is 12.6. The molecule has 6 rings (SSSR count). The van der Waals surface area contributed by atoms with Crippen LogP contribution in [0.4, 0.5) is 4.79 Å². The lowest BCUT2D eigenvalue weighted by atomic mass is 10.0. The van der Waals surface area contributed by atoms with Crippen LogP contribution in [0.25, 0.3) is 0 Å². The highest BCUT2D eigenvalue weighted by molar-refractivity contribution is 5.93. The summed E-state index contributed by atoms with van der Waals surface area (Å²) >= 11 is 0. The molecule has 0 saturated carbocycles. The number of esters is 8. The largest absolute Gasteiger partial charge is 0.508 e. The van der Waals surface area contributed by atoms with E-state index < -0.39 is 36.0 Å². The molecule has 0 fully saturated rings. The maximum Gasteiger partial charge on any atom is 0.508 e. The van der Waals surface area contributed by atoms with Gasteiger partial charge >= 0.3 is 53.9 Å². The van der Waals surface area contributed by atoms with Crippen molar-refractivity contribution in [3.63, 3.8) is 0 Å². The van der Waals surface area contributed by atoms with Gasteiger partial charge in [0.1, 0.15) is 34.5 Å². The van der Waals surface area contributed by atoms with E-state index in [9.17, 15) is 43.2 Å². The van der Waals surface area contributed by atoms with Crippen molar-refractivity contribution < 1.29 is 100.0 Å². The molecule has 0 unspecified atom stereocenters. The van der Waals surface area contributed by atoms with E-state index in [4.69, 9.17) is 56.8 Å². The summed E-state index contributed by atoms with van der Waals surface area (Å²) in [6.07, 6.45) is 34.9. The number of hydrogen-bond acceptors (Lipinski definition) is 21. The minimum absolute atomic E-state index is 0.0347. The number of ether oxygens (including phenoxy) is 12. The van der Waals surface area contributed by atoms with Crippen molar-refractivity contribution in [3.8, 4) is 34.5 Å². The van der Waals surface area contributed by atoms with Crippen molar-refractivity contribution in [3.05, 3.63) is 179 Å². The van der Waals surface area contributed by atoms with Gasteiger partial charge in [-0.1, -0.05) is 149 Å². The zero-order valence-electron chi connectivity index (χ0n) is 70.0. The Morgan fingerprint density at radius 2 is 0.474 bits per heavy atom. The van der Waals surface area contributed by atoms with Gasteiger partial charge in [0.2, 0.25) is 0 Å². The predicted molar refractivity (Wildman–Crippen MR) is 449 cm³/mol. The fourth-order valence-electron chi connectivity index (χ4n) is 11.6. The molecule has 0 atom stereocenters. The van der Waals surface area contributed by atoms with E-state index in [1.165, 1.54) is 102 Å². The van der Waals surface area contributed by atoms with E-state index in [1.807, 2.05) is 62.4 Å². The normalized spacial score (nSPS) is 10.6. The van der Waals surface area contributed by atoms with Gasteiger partial charge in [-0.05, 0) is 254 Å². The first-order chi connectivity index (χ1) is 56.5. The summed E-state index contributed by atoms with van der Waals surface area (Å²) < 4.78 is 63.3. The van der Waals surface area contributed by atoms with Gasteiger partial charge < -0.3 is 56.8 Å². The average Bonchev–Trinajstić information content (AvgIpc) is 0.863. The number of carbonyl (C=O) groups excluding carboxylic acids is 9. The van der Waals surface area contributed by atoms with Gasteiger partial charge in [0.25, 0.3) is 0 Å². The number of benzene rings is 6. The molecule has 0 saturated heterocycles. The summed E-state index contributed by atoms with van der Waals surface area (Å²) in [6.45, 7) is 15.3. The molecule has 0 radical (unpaired) electrons. The Kier molecular flexibility index (Phi) is 54.4. The van der Waals surface area contributed by atoms with Crippen LogP contribution in [-0.4, -0.2) is 107 Å². The Labute approximate surface area is 689 Å². The van der Waals surface area contributed by atoms with Crippen LogP contribution in [0, 0.1) is 0 Å². The molecule has 0 aromatic heterocycles. The van der Waals surface area contributed by atoms with Crippen LogP contribution >= 0.6 is 0 Å². The highest BCUT2D eigenvalue weighted by Gasteiger charge is 2.16. The zero-order valence-corrected chi connectivity index (χ0v) is 70.0. The zero-order chi connectivity index (χ0) is 83.7. The molecular formula is C95H130O21. The first kappa shape index (κ1) is 98.3. The third-order valence-corrected chi connectivity index (χ3v) is 18.3. The van der Waals surface area contributed by atoms with Crippen LogP contribution in [0.15, 0.2) is 146 Å². The summed E-state index contributed by atoms with van der Waals surface area (Å²) in [5.74, 6) is -0.103. The monoisotopic (exact) mass is 1610 g/mol. The minimum Gasteiger partial charge on any atom is -0.494 e. The van der Waals surface area contributed by atoms with Gasteiger partial charge in [-0.25, -0.2) is 24.0 Å². The molecule has 0 aliphatic heterocycles. The molecule has 0 aliphatic carbocycles. The van der Waals surface area contributed by atoms with Gasteiger partial charge in [0, 0.05) is 13.3 Å². The molecule has 0 aliphatic rings. The highest BCUT2D eigenvalue weighted by Crippen LogP contribution is 2.25. The fraction of sp³-hybridized carbons (Fsp3) is 0.526. The fourth-order valence-corrected chi connectivity index (χ4v) is 11.6. The standard InChI is InChI=1S/C37H46O7.C34H42O5.C24H42O9/c1-3-4-5-6-7-8-11-14-30-15-17-31(18-16-30)36(39)43-34-23-25-35(26-24-34)44-37(40)32-19-21-33(22-20-32)42-28-13-10-9-12-27-41-29(2)38;1-3-5-7-8-9-10-11-13-27-14-16-28(17-15-27)33(35)38-31-22-24-32(25-23-31)39-34(36)29-18-20-30(21-19-29)37-26-12-6-4-2;1-3-13-21(25)30-17-9-5-7-11-19-32-24(28)33-20-12-8-6-10-18-31-23(27)15-14-22(26)29-16-4-2/h15-26H,3-14,27-28H2,1-2H3;14-25H,3-13,26H2,1-2H3;3-20H2,1-2H3. The van der Waals surface area contributed by atoms with Crippen molar-refractivity contribution in [2.45, 2.75) is 273 Å². The molecular weight excluding hydrogens is 1480 g/mol. The molecule has 6 aromatic carbocycles. The Balaban J connectivity index is 0.000000371. The smallest absolute Gasteiger partial charge is 0.494 e. The SMILES string of the molecule is CCCCCCCCCc1ccc(C(=O)Oc2ccc(OC(=O)c3ccc(OCCCCC)cc3)cc2)cc1.CCCCCCCCCc1ccc(C(=O)Oc2ccc(OC(=O)c3ccc(OCCCCCCOC(C)=O)cc3)cc2)cc1.CCCOC(=O)CCC(=O)OCCCCCCOC(=O)OCCCCCCOC(=O)CCC. The van der Waals surface area contributed by atoms with Crippen LogP contribution in [0.1, 0.15) is 312 Å². The predicted octanol–water partition coefficient (Wildman–Crippen LogP) is 22.8. The van der Waals surface area contributed by atoms with Crippen LogP contribution in [-0.2, 0) is 60.4 Å². The molecule has 0 N–H and O–H groups in total. The van der Waals surface area contributed by atoms with E-state index in [-0.39, 0.29) is 30.7 Å². The Morgan fingerprint density at radius 1 is 0.224 bits per heavy atom. The minimum atomic E-state index is -0.658. The lowest BCUT2D eigenvalue weighted by molar-refractivity contribution is -0.150. The first-order valence-electron chi connectivity index (χ1n) is 42.6. The van der Waals surface area contributed by atoms with E-state index in [2.05, 4.69) is 20.8 Å². The topological polar surface area (TPSA) is 264 Å². The van der Waals surface area contributed by atoms with Crippen molar-refractivity contribution in [2.24, 2.45) is 0 Å². The van der Waals surface area contributed by atoms with Crippen molar-refractivity contribution in [2.75, 3.05) is 52.9 Å². The van der Waals surface area contributed by atoms with E-state index >= 15 is 0 Å². The highest BCUT2D eigenvalue weighted by atomic mass is 16.7. The van der Waals surface area contributed by atoms with Crippen LogP contribution in [0.2, 0.25) is 0 Å². The molecule has 0 heterocycles. The molecule has 0 bridgehead atoms. The molecule has 636 valence electrons. The van der Waals surface area contributed by atoms with Gasteiger partial charge in [0.05, 0.1) is 88.0 Å². The maximum atomic E-state index is 12.6. The van der Waals surface area contributed by atoms with Crippen LogP contribution in [0.5, 0.6) is 34.5 Å². The average molecular weight is 1610 g/mol. The van der Waals surface area contributed by atoms with Gasteiger partial charge in [-0.15, -0.1) is 0 Å². The molecule has 21 nitrogen and oxygen atoms in total. The van der Waals surface area contributed by atoms with Gasteiger partial charge in [0.15, 0.2) is 0 Å². The lowest BCUT2D eigenvalue weighted by Crippen LogP contribution is -2.11. The quantitative estimate of drug-likeness (QED) is 0.0149. The Hall–Kier alpha value is -10.0. The summed E-state index contributed by atoms with van der Waals surface area (Å²) in [5, 5.41) is 0. The van der Waals surface area contributed by atoms with E-state index in [0.717, 1.165) is 121 Å². The summed E-state index contributed by atoms with van der Waals surface area (Å²) in [6, 6.07) is 41.8. The number of aryl methyl sites for hydroxylation is 2. The molecule has 21 heteroatoms. The number of hydrogen-bond donors (Lipinski definition) is 0. The van der Waals surface area contributed by atoms with Crippen LogP contribution in [0.3, 0.4) is 0 Å². The second-order valence-electron chi connectivity index (χ2n) is 28.5. The number of unbranched alkanes of at least 4 members (excludes halogenated alkanes) is 23. The summed E-state index contributed by atoms with van der Waals surface area (Å²) in [5.41, 5.74) is 4.29. The summed E-state index contributed by atoms with van der Waals surface area (Å²) in [4.78, 5) is 107. The molecule has 6 aromatic rings.